The van der Waals surface area contributed by atoms with Crippen LogP contribution >= 0.6 is 11.6 Å². The number of benzene rings is 1. The summed E-state index contributed by atoms with van der Waals surface area (Å²) in [5.74, 6) is -1.80. The first-order chi connectivity index (χ1) is 6.43. The molecule has 14 heavy (non-hydrogen) atoms. The first-order valence-electron chi connectivity index (χ1n) is 4.01. The quantitative estimate of drug-likeness (QED) is 0.751. The maximum atomic E-state index is 12.9. The van der Waals surface area contributed by atoms with E-state index in [1.165, 1.54) is 6.92 Å². The molecule has 3 N–H and O–H groups in total. The van der Waals surface area contributed by atoms with E-state index in [-0.39, 0.29) is 5.56 Å². The van der Waals surface area contributed by atoms with Crippen LogP contribution in [0.25, 0.3) is 0 Å². The van der Waals surface area contributed by atoms with Crippen molar-refractivity contribution in [3.8, 4) is 0 Å². The molecule has 0 saturated heterocycles. The lowest BCUT2D eigenvalue weighted by Crippen LogP contribution is -2.24. The zero-order valence-corrected chi connectivity index (χ0v) is 8.22. The monoisotopic (exact) mass is 221 g/mol. The van der Waals surface area contributed by atoms with Crippen molar-refractivity contribution >= 4 is 11.6 Å². The standard InChI is InChI=1S/C9H10ClF2NO/c1-4(13)9(14)5-2-6(11)8(10)7(12)3-5/h2-4,9,14H,13H2,1H3/t4-,9+/m0/s1. The number of nitrogens with two attached hydrogens (primary N) is 1. The highest BCUT2D eigenvalue weighted by molar-refractivity contribution is 6.30. The van der Waals surface area contributed by atoms with E-state index in [9.17, 15) is 13.9 Å². The van der Waals surface area contributed by atoms with Crippen molar-refractivity contribution in [3.05, 3.63) is 34.4 Å². The number of aliphatic hydroxyl groups excluding tert-OH is 1. The van der Waals surface area contributed by atoms with Crippen molar-refractivity contribution in [3.63, 3.8) is 0 Å². The summed E-state index contributed by atoms with van der Waals surface area (Å²) < 4.78 is 25.9. The van der Waals surface area contributed by atoms with E-state index in [0.717, 1.165) is 12.1 Å². The largest absolute Gasteiger partial charge is 0.387 e. The molecule has 2 atom stereocenters. The SMILES string of the molecule is C[C@H](N)[C@@H](O)c1cc(F)c(Cl)c(F)c1. The summed E-state index contributed by atoms with van der Waals surface area (Å²) >= 11 is 5.27. The summed E-state index contributed by atoms with van der Waals surface area (Å²) in [5.41, 5.74) is 5.46. The Kier molecular flexibility index (Phi) is 3.42. The van der Waals surface area contributed by atoms with Gasteiger partial charge in [0.05, 0.1) is 6.10 Å². The minimum atomic E-state index is -1.10. The molecular weight excluding hydrogens is 212 g/mol. The summed E-state index contributed by atoms with van der Waals surface area (Å²) in [7, 11) is 0. The molecule has 2 nitrogen and oxygen atoms in total. The highest BCUT2D eigenvalue weighted by Crippen LogP contribution is 2.24. The fourth-order valence-electron chi connectivity index (χ4n) is 1.05. The van der Waals surface area contributed by atoms with Gasteiger partial charge in [-0.3, -0.25) is 0 Å². The van der Waals surface area contributed by atoms with E-state index in [2.05, 4.69) is 0 Å². The van der Waals surface area contributed by atoms with Crippen molar-refractivity contribution in [2.24, 2.45) is 5.73 Å². The average molecular weight is 222 g/mol. The summed E-state index contributed by atoms with van der Waals surface area (Å²) in [6, 6.07) is 1.34. The van der Waals surface area contributed by atoms with Crippen LogP contribution in [-0.2, 0) is 0 Å². The van der Waals surface area contributed by atoms with Crippen LogP contribution in [0.4, 0.5) is 8.78 Å². The van der Waals surface area contributed by atoms with Crippen LogP contribution in [0.2, 0.25) is 5.02 Å². The van der Waals surface area contributed by atoms with Gasteiger partial charge in [-0.25, -0.2) is 8.78 Å². The Bertz CT molecular complexity index is 321. The maximum Gasteiger partial charge on any atom is 0.145 e. The topological polar surface area (TPSA) is 46.2 Å². The molecule has 1 aromatic carbocycles. The van der Waals surface area contributed by atoms with Gasteiger partial charge in [0, 0.05) is 6.04 Å². The third kappa shape index (κ3) is 2.20. The van der Waals surface area contributed by atoms with Crippen molar-refractivity contribution in [1.82, 2.24) is 0 Å². The van der Waals surface area contributed by atoms with E-state index >= 15 is 0 Å². The summed E-state index contributed by atoms with van der Waals surface area (Å²) in [6.45, 7) is 1.54. The van der Waals surface area contributed by atoms with Gasteiger partial charge < -0.3 is 10.8 Å². The molecule has 0 aliphatic rings. The predicted octanol–water partition coefficient (Wildman–Crippen LogP) is 2.00. The molecule has 0 unspecified atom stereocenters. The molecule has 0 amide bonds. The first-order valence-corrected chi connectivity index (χ1v) is 4.39. The fraction of sp³-hybridized carbons (Fsp3) is 0.333. The molecule has 0 spiro atoms. The van der Waals surface area contributed by atoms with Gasteiger partial charge in [-0.15, -0.1) is 0 Å². The second-order valence-corrected chi connectivity index (χ2v) is 3.48. The molecule has 0 aromatic heterocycles. The van der Waals surface area contributed by atoms with E-state index in [0.29, 0.717) is 0 Å². The molecular formula is C9H10ClF2NO. The molecule has 0 saturated carbocycles. The van der Waals surface area contributed by atoms with Crippen LogP contribution in [0.5, 0.6) is 0 Å². The van der Waals surface area contributed by atoms with Crippen molar-refractivity contribution in [2.75, 3.05) is 0 Å². The average Bonchev–Trinajstić information content (AvgIpc) is 2.12. The maximum absolute atomic E-state index is 12.9. The van der Waals surface area contributed by atoms with Crippen LogP contribution in [0, 0.1) is 11.6 Å². The van der Waals surface area contributed by atoms with Gasteiger partial charge >= 0.3 is 0 Å². The molecule has 0 aliphatic heterocycles. The highest BCUT2D eigenvalue weighted by Gasteiger charge is 2.17. The molecule has 0 aliphatic carbocycles. The van der Waals surface area contributed by atoms with Gasteiger partial charge in [-0.2, -0.15) is 0 Å². The zero-order valence-electron chi connectivity index (χ0n) is 7.47. The molecule has 1 aromatic rings. The van der Waals surface area contributed by atoms with Gasteiger partial charge in [-0.1, -0.05) is 11.6 Å². The summed E-state index contributed by atoms with van der Waals surface area (Å²) in [5, 5.41) is 8.86. The lowest BCUT2D eigenvalue weighted by Gasteiger charge is -2.15. The first kappa shape index (κ1) is 11.4. The molecule has 0 radical (unpaired) electrons. The second-order valence-electron chi connectivity index (χ2n) is 3.10. The van der Waals surface area contributed by atoms with Crippen LogP contribution in [0.15, 0.2) is 12.1 Å². The Morgan fingerprint density at radius 2 is 1.79 bits per heavy atom. The molecule has 78 valence electrons. The van der Waals surface area contributed by atoms with Crippen LogP contribution in [0.1, 0.15) is 18.6 Å². The number of aliphatic hydroxyl groups is 1. The van der Waals surface area contributed by atoms with Gasteiger partial charge in [0.2, 0.25) is 0 Å². The second kappa shape index (κ2) is 4.21. The minimum Gasteiger partial charge on any atom is -0.387 e. The molecule has 0 heterocycles. The van der Waals surface area contributed by atoms with Crippen molar-refractivity contribution in [1.29, 1.82) is 0 Å². The molecule has 0 fully saturated rings. The molecule has 5 heteroatoms. The van der Waals surface area contributed by atoms with E-state index in [1.54, 1.807) is 0 Å². The third-order valence-corrected chi connectivity index (χ3v) is 2.21. The lowest BCUT2D eigenvalue weighted by molar-refractivity contribution is 0.152. The zero-order chi connectivity index (χ0) is 10.9. The van der Waals surface area contributed by atoms with E-state index < -0.39 is 28.8 Å². The van der Waals surface area contributed by atoms with Crippen molar-refractivity contribution < 1.29 is 13.9 Å². The van der Waals surface area contributed by atoms with Crippen LogP contribution < -0.4 is 5.73 Å². The van der Waals surface area contributed by atoms with Gasteiger partial charge in [-0.05, 0) is 24.6 Å². The predicted molar refractivity (Wildman–Crippen MR) is 50.0 cm³/mol. The summed E-state index contributed by atoms with van der Waals surface area (Å²) in [6.07, 6.45) is -1.10. The molecule has 1 rings (SSSR count). The Hall–Kier alpha value is -0.710. The van der Waals surface area contributed by atoms with E-state index in [1.807, 2.05) is 0 Å². The highest BCUT2D eigenvalue weighted by atomic mass is 35.5. The molecule has 0 bridgehead atoms. The van der Waals surface area contributed by atoms with Crippen molar-refractivity contribution in [2.45, 2.75) is 19.1 Å². The minimum absolute atomic E-state index is 0.0828. The Morgan fingerprint density at radius 1 is 1.36 bits per heavy atom. The van der Waals surface area contributed by atoms with Gasteiger partial charge in [0.1, 0.15) is 16.7 Å². The summed E-state index contributed by atoms with van der Waals surface area (Å²) in [4.78, 5) is 0. The Morgan fingerprint density at radius 3 is 2.14 bits per heavy atom. The van der Waals surface area contributed by atoms with Gasteiger partial charge in [0.15, 0.2) is 0 Å². The number of hydrogen-bond acceptors (Lipinski definition) is 2. The Balaban J connectivity index is 3.12. The normalized spacial score (nSPS) is 15.3. The number of rotatable bonds is 2. The third-order valence-electron chi connectivity index (χ3n) is 1.85. The van der Waals surface area contributed by atoms with Gasteiger partial charge in [0.25, 0.3) is 0 Å². The number of hydrogen-bond donors (Lipinski definition) is 2. The van der Waals surface area contributed by atoms with Crippen LogP contribution in [-0.4, -0.2) is 11.1 Å². The van der Waals surface area contributed by atoms with E-state index in [4.69, 9.17) is 17.3 Å². The smallest absolute Gasteiger partial charge is 0.145 e. The lowest BCUT2D eigenvalue weighted by atomic mass is 10.0. The number of halogens is 3. The van der Waals surface area contributed by atoms with Crippen LogP contribution in [0.3, 0.4) is 0 Å². The fourth-order valence-corrected chi connectivity index (χ4v) is 1.16. The Labute approximate surface area is 85.3 Å².